The van der Waals surface area contributed by atoms with E-state index in [-0.39, 0.29) is 0 Å². The lowest BCUT2D eigenvalue weighted by molar-refractivity contribution is 0.345. The first-order valence-electron chi connectivity index (χ1n) is 5.66. The minimum Gasteiger partial charge on any atom is -0.493 e. The highest BCUT2D eigenvalue weighted by molar-refractivity contribution is 9.09. The zero-order valence-electron chi connectivity index (χ0n) is 9.82. The van der Waals surface area contributed by atoms with E-state index in [1.54, 1.807) is 0 Å². The van der Waals surface area contributed by atoms with Crippen LogP contribution in [-0.2, 0) is 0 Å². The number of hydrogen-bond donors (Lipinski definition) is 0. The summed E-state index contributed by atoms with van der Waals surface area (Å²) >= 11 is 3.34. The summed E-state index contributed by atoms with van der Waals surface area (Å²) in [6, 6.07) is 16.6. The van der Waals surface area contributed by atoms with Crippen LogP contribution in [0.1, 0.15) is 5.56 Å². The third-order valence-electron chi connectivity index (χ3n) is 2.66. The molecule has 0 saturated carbocycles. The van der Waals surface area contributed by atoms with Gasteiger partial charge in [0.2, 0.25) is 0 Å². The first-order valence-corrected chi connectivity index (χ1v) is 6.78. The van der Waals surface area contributed by atoms with Crippen molar-refractivity contribution in [2.75, 3.05) is 11.9 Å². The maximum atomic E-state index is 5.53. The molecule has 2 heteroatoms. The highest BCUT2D eigenvalue weighted by atomic mass is 79.9. The SMILES string of the molecule is Cc1ccccc1-c1ccc(OCCBr)cc1. The number of ether oxygens (including phenoxy) is 1. The van der Waals surface area contributed by atoms with E-state index in [2.05, 4.69) is 59.3 Å². The van der Waals surface area contributed by atoms with Crippen LogP contribution >= 0.6 is 15.9 Å². The van der Waals surface area contributed by atoms with Gasteiger partial charge < -0.3 is 4.74 Å². The van der Waals surface area contributed by atoms with E-state index in [0.29, 0.717) is 6.61 Å². The van der Waals surface area contributed by atoms with Crippen LogP contribution in [0.5, 0.6) is 5.75 Å². The van der Waals surface area contributed by atoms with E-state index in [1.807, 2.05) is 12.1 Å². The fraction of sp³-hybridized carbons (Fsp3) is 0.200. The Balaban J connectivity index is 2.21. The fourth-order valence-corrected chi connectivity index (χ4v) is 1.95. The van der Waals surface area contributed by atoms with Crippen LogP contribution < -0.4 is 4.74 Å². The molecule has 2 aromatic carbocycles. The van der Waals surface area contributed by atoms with Gasteiger partial charge in [0.1, 0.15) is 5.75 Å². The average molecular weight is 291 g/mol. The largest absolute Gasteiger partial charge is 0.493 e. The zero-order chi connectivity index (χ0) is 12.1. The van der Waals surface area contributed by atoms with Crippen molar-refractivity contribution in [3.63, 3.8) is 0 Å². The summed E-state index contributed by atoms with van der Waals surface area (Å²) in [4.78, 5) is 0. The molecule has 17 heavy (non-hydrogen) atoms. The van der Waals surface area contributed by atoms with Crippen LogP contribution in [0, 0.1) is 6.92 Å². The van der Waals surface area contributed by atoms with Crippen LogP contribution in [-0.4, -0.2) is 11.9 Å². The number of alkyl halides is 1. The Bertz CT molecular complexity index is 477. The molecular weight excluding hydrogens is 276 g/mol. The molecular formula is C15H15BrO. The van der Waals surface area contributed by atoms with Crippen LogP contribution in [0.25, 0.3) is 11.1 Å². The van der Waals surface area contributed by atoms with Crippen molar-refractivity contribution in [1.29, 1.82) is 0 Å². The van der Waals surface area contributed by atoms with Gasteiger partial charge in [0.25, 0.3) is 0 Å². The average Bonchev–Trinajstić information content (AvgIpc) is 2.38. The molecule has 88 valence electrons. The standard InChI is InChI=1S/C15H15BrO/c1-12-4-2-3-5-15(12)13-6-8-14(9-7-13)17-11-10-16/h2-9H,10-11H2,1H3. The summed E-state index contributed by atoms with van der Waals surface area (Å²) in [5.74, 6) is 0.918. The molecule has 0 heterocycles. The smallest absolute Gasteiger partial charge is 0.119 e. The normalized spacial score (nSPS) is 10.2. The first-order chi connectivity index (χ1) is 8.31. The van der Waals surface area contributed by atoms with E-state index in [4.69, 9.17) is 4.74 Å². The van der Waals surface area contributed by atoms with Gasteiger partial charge >= 0.3 is 0 Å². The zero-order valence-corrected chi connectivity index (χ0v) is 11.4. The van der Waals surface area contributed by atoms with Gasteiger partial charge in [-0.1, -0.05) is 52.3 Å². The Morgan fingerprint density at radius 3 is 2.35 bits per heavy atom. The second-order valence-electron chi connectivity index (χ2n) is 3.88. The molecule has 0 radical (unpaired) electrons. The van der Waals surface area contributed by atoms with Crippen LogP contribution in [0.4, 0.5) is 0 Å². The Morgan fingerprint density at radius 2 is 1.71 bits per heavy atom. The molecule has 0 aliphatic heterocycles. The fourth-order valence-electron chi connectivity index (χ4n) is 1.78. The third-order valence-corrected chi connectivity index (χ3v) is 2.98. The minimum absolute atomic E-state index is 0.698. The first kappa shape index (κ1) is 12.2. The van der Waals surface area contributed by atoms with E-state index >= 15 is 0 Å². The molecule has 0 N–H and O–H groups in total. The predicted molar refractivity (Wildman–Crippen MR) is 75.9 cm³/mol. The van der Waals surface area contributed by atoms with E-state index in [1.165, 1.54) is 16.7 Å². The molecule has 0 fully saturated rings. The van der Waals surface area contributed by atoms with E-state index in [0.717, 1.165) is 11.1 Å². The molecule has 0 spiro atoms. The molecule has 0 saturated heterocycles. The van der Waals surface area contributed by atoms with Crippen molar-refractivity contribution in [2.24, 2.45) is 0 Å². The number of aryl methyl sites for hydroxylation is 1. The van der Waals surface area contributed by atoms with E-state index in [9.17, 15) is 0 Å². The Hall–Kier alpha value is -1.28. The molecule has 0 aliphatic carbocycles. The number of hydrogen-bond acceptors (Lipinski definition) is 1. The topological polar surface area (TPSA) is 9.23 Å². The van der Waals surface area contributed by atoms with Gasteiger partial charge in [-0.2, -0.15) is 0 Å². The number of rotatable bonds is 4. The maximum Gasteiger partial charge on any atom is 0.119 e. The van der Waals surface area contributed by atoms with Gasteiger partial charge in [-0.05, 0) is 35.7 Å². The van der Waals surface area contributed by atoms with Gasteiger partial charge in [0, 0.05) is 5.33 Å². The molecule has 0 unspecified atom stereocenters. The summed E-state index contributed by atoms with van der Waals surface area (Å²) < 4.78 is 5.53. The minimum atomic E-state index is 0.698. The van der Waals surface area contributed by atoms with Gasteiger partial charge in [-0.3, -0.25) is 0 Å². The van der Waals surface area contributed by atoms with E-state index < -0.39 is 0 Å². The molecule has 0 aromatic heterocycles. The molecule has 1 nitrogen and oxygen atoms in total. The molecule has 2 rings (SSSR count). The quantitative estimate of drug-likeness (QED) is 0.757. The highest BCUT2D eigenvalue weighted by Gasteiger charge is 2.01. The van der Waals surface area contributed by atoms with Crippen LogP contribution in [0.15, 0.2) is 48.5 Å². The van der Waals surface area contributed by atoms with Crippen molar-refractivity contribution in [1.82, 2.24) is 0 Å². The number of benzene rings is 2. The number of halogens is 1. The van der Waals surface area contributed by atoms with Crippen molar-refractivity contribution in [3.05, 3.63) is 54.1 Å². The summed E-state index contributed by atoms with van der Waals surface area (Å²) in [7, 11) is 0. The second-order valence-corrected chi connectivity index (χ2v) is 4.67. The molecule has 0 aliphatic rings. The second kappa shape index (κ2) is 5.87. The predicted octanol–water partition coefficient (Wildman–Crippen LogP) is 4.44. The Kier molecular flexibility index (Phi) is 4.21. The lowest BCUT2D eigenvalue weighted by atomic mass is 10.0. The summed E-state index contributed by atoms with van der Waals surface area (Å²) in [5, 5.41) is 0.854. The third kappa shape index (κ3) is 3.10. The summed E-state index contributed by atoms with van der Waals surface area (Å²) in [6.45, 7) is 2.83. The molecule has 0 amide bonds. The van der Waals surface area contributed by atoms with Crippen molar-refractivity contribution >= 4 is 15.9 Å². The molecule has 2 aromatic rings. The van der Waals surface area contributed by atoms with Gasteiger partial charge in [0.05, 0.1) is 6.61 Å². The molecule has 0 atom stereocenters. The monoisotopic (exact) mass is 290 g/mol. The van der Waals surface area contributed by atoms with Gasteiger partial charge in [-0.25, -0.2) is 0 Å². The summed E-state index contributed by atoms with van der Waals surface area (Å²) in [6.07, 6.45) is 0. The Morgan fingerprint density at radius 1 is 1.00 bits per heavy atom. The van der Waals surface area contributed by atoms with Crippen LogP contribution in [0.2, 0.25) is 0 Å². The van der Waals surface area contributed by atoms with Crippen molar-refractivity contribution in [3.8, 4) is 16.9 Å². The summed E-state index contributed by atoms with van der Waals surface area (Å²) in [5.41, 5.74) is 3.80. The van der Waals surface area contributed by atoms with Gasteiger partial charge in [-0.15, -0.1) is 0 Å². The lowest BCUT2D eigenvalue weighted by Gasteiger charge is -2.08. The maximum absolute atomic E-state index is 5.53. The highest BCUT2D eigenvalue weighted by Crippen LogP contribution is 2.25. The van der Waals surface area contributed by atoms with Crippen LogP contribution in [0.3, 0.4) is 0 Å². The van der Waals surface area contributed by atoms with Gasteiger partial charge in [0.15, 0.2) is 0 Å². The molecule has 0 bridgehead atoms. The van der Waals surface area contributed by atoms with Crippen molar-refractivity contribution in [2.45, 2.75) is 6.92 Å². The van der Waals surface area contributed by atoms with Crippen molar-refractivity contribution < 1.29 is 4.74 Å². The Labute approximate surface area is 111 Å². The lowest BCUT2D eigenvalue weighted by Crippen LogP contribution is -1.97.